The van der Waals surface area contributed by atoms with Crippen molar-refractivity contribution in [1.82, 2.24) is 15.2 Å². The quantitative estimate of drug-likeness (QED) is 0.591. The standard InChI is InChI=1S/C24H25F2N5O2/c1-5-30-18-8-17(16-11-28-29-13(16)2)27-10-15(18)12-31(24(30)14-6-7-14)23-21(25)19(32-3)9-20(33-4)22(23)26/h8-11H,5-7,12H2,1-4H3,(H,28,29). The lowest BCUT2D eigenvalue weighted by atomic mass is 10.0. The Balaban J connectivity index is 1.69. The summed E-state index contributed by atoms with van der Waals surface area (Å²) in [7, 11) is 2.71. The molecule has 5 rings (SSSR count). The number of benzene rings is 1. The molecule has 9 heteroatoms. The number of H-pyrrole nitrogens is 1. The van der Waals surface area contributed by atoms with Gasteiger partial charge in [0.1, 0.15) is 11.5 Å². The maximum atomic E-state index is 15.5. The maximum Gasteiger partial charge on any atom is 0.191 e. The zero-order valence-electron chi connectivity index (χ0n) is 19.0. The molecule has 3 aromatic rings. The van der Waals surface area contributed by atoms with E-state index in [0.717, 1.165) is 52.4 Å². The fourth-order valence-corrected chi connectivity index (χ4v) is 4.40. The lowest BCUT2D eigenvalue weighted by molar-refractivity contribution is 0.358. The van der Waals surface area contributed by atoms with Gasteiger partial charge < -0.3 is 19.3 Å². The molecule has 0 bridgehead atoms. The number of anilines is 2. The van der Waals surface area contributed by atoms with Gasteiger partial charge in [0.05, 0.1) is 37.8 Å². The second kappa shape index (κ2) is 8.06. The summed E-state index contributed by atoms with van der Waals surface area (Å²) in [5.41, 5.74) is 5.40. The summed E-state index contributed by atoms with van der Waals surface area (Å²) in [6.45, 7) is 4.84. The summed E-state index contributed by atoms with van der Waals surface area (Å²) < 4.78 is 41.3. The van der Waals surface area contributed by atoms with Gasteiger partial charge >= 0.3 is 0 Å². The van der Waals surface area contributed by atoms with Gasteiger partial charge in [-0.25, -0.2) is 8.78 Å². The van der Waals surface area contributed by atoms with Crippen LogP contribution in [0.5, 0.6) is 11.5 Å². The minimum absolute atomic E-state index is 0.0684. The van der Waals surface area contributed by atoms with Gasteiger partial charge in [-0.2, -0.15) is 5.10 Å². The molecule has 0 saturated heterocycles. The molecule has 1 aliphatic heterocycles. The van der Waals surface area contributed by atoms with Crippen molar-refractivity contribution in [1.29, 1.82) is 0 Å². The van der Waals surface area contributed by atoms with E-state index in [1.54, 1.807) is 11.1 Å². The number of aromatic nitrogens is 3. The SMILES string of the molecule is CCN1C(=C2CC2)N(c2c(F)c(OC)cc(OC)c2F)Cc2cnc(-c3c[nH]nc3C)cc21. The van der Waals surface area contributed by atoms with Crippen LogP contribution in [0.15, 0.2) is 35.9 Å². The number of rotatable bonds is 5. The van der Waals surface area contributed by atoms with E-state index in [4.69, 9.17) is 9.47 Å². The van der Waals surface area contributed by atoms with E-state index in [1.807, 2.05) is 26.1 Å². The van der Waals surface area contributed by atoms with Gasteiger partial charge in [0, 0.05) is 36.1 Å². The van der Waals surface area contributed by atoms with Crippen LogP contribution in [-0.2, 0) is 6.54 Å². The molecule has 1 aromatic carbocycles. The van der Waals surface area contributed by atoms with Gasteiger partial charge in [-0.15, -0.1) is 0 Å². The molecule has 0 amide bonds. The van der Waals surface area contributed by atoms with Crippen LogP contribution in [0, 0.1) is 18.6 Å². The van der Waals surface area contributed by atoms with Crippen LogP contribution in [0.25, 0.3) is 11.3 Å². The molecule has 172 valence electrons. The van der Waals surface area contributed by atoms with E-state index in [-0.39, 0.29) is 23.7 Å². The van der Waals surface area contributed by atoms with Gasteiger partial charge in [-0.05, 0) is 38.3 Å². The lowest BCUT2D eigenvalue weighted by Gasteiger charge is -2.42. The van der Waals surface area contributed by atoms with Crippen molar-refractivity contribution in [2.45, 2.75) is 33.2 Å². The number of aryl methyl sites for hydroxylation is 1. The minimum atomic E-state index is -0.757. The van der Waals surface area contributed by atoms with E-state index in [0.29, 0.717) is 6.54 Å². The summed E-state index contributed by atoms with van der Waals surface area (Å²) in [6, 6.07) is 3.25. The Labute approximate surface area is 190 Å². The third kappa shape index (κ3) is 3.39. The first-order valence-corrected chi connectivity index (χ1v) is 10.8. The summed E-state index contributed by atoms with van der Waals surface area (Å²) in [6.07, 6.45) is 5.37. The average molecular weight is 453 g/mol. The van der Waals surface area contributed by atoms with Gasteiger partial charge in [-0.3, -0.25) is 10.1 Å². The van der Waals surface area contributed by atoms with Crippen LogP contribution in [0.3, 0.4) is 0 Å². The van der Waals surface area contributed by atoms with Gasteiger partial charge in [0.25, 0.3) is 0 Å². The molecule has 1 aliphatic carbocycles. The lowest BCUT2D eigenvalue weighted by Crippen LogP contribution is -2.41. The molecule has 0 radical (unpaired) electrons. The van der Waals surface area contributed by atoms with Crippen LogP contribution in [-0.4, -0.2) is 35.9 Å². The summed E-state index contributed by atoms with van der Waals surface area (Å²) in [4.78, 5) is 8.42. The van der Waals surface area contributed by atoms with Gasteiger partial charge in [0.15, 0.2) is 23.1 Å². The smallest absolute Gasteiger partial charge is 0.191 e. The van der Waals surface area contributed by atoms with E-state index < -0.39 is 11.6 Å². The molecular weight excluding hydrogens is 428 g/mol. The number of halogens is 2. The van der Waals surface area contributed by atoms with Crippen molar-refractivity contribution < 1.29 is 18.3 Å². The normalized spacial score (nSPS) is 15.1. The van der Waals surface area contributed by atoms with Gasteiger partial charge in [-0.1, -0.05) is 0 Å². The molecule has 0 unspecified atom stereocenters. The third-order valence-corrected chi connectivity index (χ3v) is 6.15. The Morgan fingerprint density at radius 2 is 1.79 bits per heavy atom. The number of nitrogens with one attached hydrogen (secondary N) is 1. The van der Waals surface area contributed by atoms with Crippen molar-refractivity contribution in [3.05, 3.63) is 58.8 Å². The number of nitrogens with zero attached hydrogens (tertiary/aromatic N) is 4. The van der Waals surface area contributed by atoms with Crippen molar-refractivity contribution in [3.8, 4) is 22.8 Å². The van der Waals surface area contributed by atoms with E-state index >= 15 is 8.78 Å². The number of aromatic amines is 1. The molecule has 0 atom stereocenters. The summed E-state index contributed by atoms with van der Waals surface area (Å²) >= 11 is 0. The number of hydrogen-bond donors (Lipinski definition) is 1. The second-order valence-corrected chi connectivity index (χ2v) is 8.10. The molecule has 1 N–H and O–H groups in total. The third-order valence-electron chi connectivity index (χ3n) is 6.15. The van der Waals surface area contributed by atoms with Crippen molar-refractivity contribution in [2.75, 3.05) is 30.6 Å². The first-order valence-electron chi connectivity index (χ1n) is 10.8. The monoisotopic (exact) mass is 453 g/mol. The zero-order chi connectivity index (χ0) is 23.3. The number of fused-ring (bicyclic) bond motifs is 1. The molecule has 7 nitrogen and oxygen atoms in total. The highest BCUT2D eigenvalue weighted by Gasteiger charge is 2.37. The fourth-order valence-electron chi connectivity index (χ4n) is 4.40. The van der Waals surface area contributed by atoms with Crippen LogP contribution in [0.1, 0.15) is 31.0 Å². The first-order chi connectivity index (χ1) is 16.0. The van der Waals surface area contributed by atoms with E-state index in [9.17, 15) is 0 Å². The Morgan fingerprint density at radius 1 is 1.09 bits per heavy atom. The summed E-state index contributed by atoms with van der Waals surface area (Å²) in [5.74, 6) is -0.846. The fraction of sp³-hybridized carbons (Fsp3) is 0.333. The van der Waals surface area contributed by atoms with E-state index in [2.05, 4.69) is 20.1 Å². The predicted octanol–water partition coefficient (Wildman–Crippen LogP) is 4.93. The number of methoxy groups -OCH3 is 2. The Hall–Kier alpha value is -3.62. The van der Waals surface area contributed by atoms with Crippen molar-refractivity contribution in [2.24, 2.45) is 0 Å². The largest absolute Gasteiger partial charge is 0.493 e. The molecule has 33 heavy (non-hydrogen) atoms. The molecule has 3 heterocycles. The van der Waals surface area contributed by atoms with Crippen molar-refractivity contribution >= 4 is 11.4 Å². The van der Waals surface area contributed by atoms with Gasteiger partial charge in [0.2, 0.25) is 0 Å². The molecule has 1 saturated carbocycles. The molecule has 2 aliphatic rings. The highest BCUT2D eigenvalue weighted by atomic mass is 19.1. The highest BCUT2D eigenvalue weighted by molar-refractivity contribution is 5.76. The summed E-state index contributed by atoms with van der Waals surface area (Å²) in [5, 5.41) is 7.07. The molecule has 0 spiro atoms. The number of allylic oxidation sites excluding steroid dienone is 1. The first kappa shape index (κ1) is 21.2. The highest BCUT2D eigenvalue weighted by Crippen LogP contribution is 2.47. The van der Waals surface area contributed by atoms with Crippen LogP contribution in [0.4, 0.5) is 20.2 Å². The number of hydrogen-bond acceptors (Lipinski definition) is 6. The zero-order valence-corrected chi connectivity index (χ0v) is 19.0. The number of ether oxygens (including phenoxy) is 2. The molecular formula is C24H25F2N5O2. The molecule has 1 fully saturated rings. The minimum Gasteiger partial charge on any atom is -0.493 e. The van der Waals surface area contributed by atoms with Crippen LogP contribution >= 0.6 is 0 Å². The predicted molar refractivity (Wildman–Crippen MR) is 121 cm³/mol. The topological polar surface area (TPSA) is 66.5 Å². The Morgan fingerprint density at radius 3 is 2.33 bits per heavy atom. The average Bonchev–Trinajstić information content (AvgIpc) is 3.57. The Kier molecular flexibility index (Phi) is 5.19. The second-order valence-electron chi connectivity index (χ2n) is 8.10. The van der Waals surface area contributed by atoms with E-state index in [1.165, 1.54) is 20.3 Å². The van der Waals surface area contributed by atoms with Crippen LogP contribution in [0.2, 0.25) is 0 Å². The molecule has 2 aromatic heterocycles. The van der Waals surface area contributed by atoms with Crippen molar-refractivity contribution in [3.63, 3.8) is 0 Å². The Bertz CT molecular complexity index is 1240. The maximum absolute atomic E-state index is 15.5. The van der Waals surface area contributed by atoms with Crippen LogP contribution < -0.4 is 19.3 Å². The number of pyridine rings is 1.